The molecule has 1 N–H and O–H groups in total. The molecule has 0 aromatic heterocycles. The molecule has 31 heavy (non-hydrogen) atoms. The van der Waals surface area contributed by atoms with E-state index >= 15 is 0 Å². The van der Waals surface area contributed by atoms with Gasteiger partial charge in [-0.2, -0.15) is 17.2 Å². The predicted octanol–water partition coefficient (Wildman–Crippen LogP) is 5.45. The quantitative estimate of drug-likeness (QED) is 0.213. The summed E-state index contributed by atoms with van der Waals surface area (Å²) >= 11 is 7.97. The third-order valence-electron chi connectivity index (χ3n) is 6.19. The minimum atomic E-state index is -1.22. The van der Waals surface area contributed by atoms with Gasteiger partial charge in [0, 0.05) is 24.3 Å². The van der Waals surface area contributed by atoms with Gasteiger partial charge in [-0.15, -0.1) is 0 Å². The molecule has 0 radical (unpaired) electrons. The molecule has 0 amide bonds. The zero-order valence-electron chi connectivity index (χ0n) is 18.5. The number of halogens is 1. The van der Waals surface area contributed by atoms with Crippen molar-refractivity contribution in [2.45, 2.75) is 64.5 Å². The van der Waals surface area contributed by atoms with Crippen molar-refractivity contribution in [2.24, 2.45) is 17.8 Å². The summed E-state index contributed by atoms with van der Waals surface area (Å²) < 4.78 is 6.36. The lowest BCUT2D eigenvalue weighted by Gasteiger charge is -2.43. The number of carbonyl (C=O) groups excluding carboxylic acids is 2. The van der Waals surface area contributed by atoms with E-state index < -0.39 is 11.6 Å². The molecule has 7 heteroatoms. The van der Waals surface area contributed by atoms with Gasteiger partial charge in [-0.25, -0.2) is 0 Å². The number of hydroxylamine groups is 1. The van der Waals surface area contributed by atoms with Crippen molar-refractivity contribution >= 4 is 34.9 Å². The fourth-order valence-corrected chi connectivity index (χ4v) is 6.14. The number of nitrogens with one attached hydrogen (secondary N) is 1. The summed E-state index contributed by atoms with van der Waals surface area (Å²) in [5, 5.41) is 0.599. The van der Waals surface area contributed by atoms with Gasteiger partial charge in [-0.1, -0.05) is 31.9 Å². The standard InChI is InChI=1S/C24H34ClNO4S/c1-3-11-24(26-29-12-4-2,30-20-9-7-19(25)8-10-20)23-21(27)14-18(15-22(23)28)17-6-5-13-31-16-17/h7-10,17-18,23,26H,3-6,11-16H2,1-2H3. The van der Waals surface area contributed by atoms with Crippen molar-refractivity contribution < 1.29 is 19.2 Å². The Morgan fingerprint density at radius 3 is 2.39 bits per heavy atom. The third-order valence-corrected chi connectivity index (χ3v) is 7.68. The van der Waals surface area contributed by atoms with E-state index in [9.17, 15) is 9.59 Å². The van der Waals surface area contributed by atoms with Crippen LogP contribution in [-0.2, 0) is 14.4 Å². The minimum Gasteiger partial charge on any atom is -0.469 e. The Labute approximate surface area is 194 Å². The topological polar surface area (TPSA) is 64.6 Å². The smallest absolute Gasteiger partial charge is 0.198 e. The van der Waals surface area contributed by atoms with Crippen LogP contribution in [0.5, 0.6) is 5.75 Å². The molecule has 2 fully saturated rings. The maximum atomic E-state index is 13.4. The first-order valence-electron chi connectivity index (χ1n) is 11.5. The summed E-state index contributed by atoms with van der Waals surface area (Å²) in [6.07, 6.45) is 5.18. The van der Waals surface area contributed by atoms with E-state index in [4.69, 9.17) is 21.2 Å². The molecule has 172 valence electrons. The fraction of sp³-hybridized carbons (Fsp3) is 0.667. The van der Waals surface area contributed by atoms with Gasteiger partial charge < -0.3 is 4.74 Å². The number of hydrogen-bond acceptors (Lipinski definition) is 6. The van der Waals surface area contributed by atoms with Crippen LogP contribution in [0.4, 0.5) is 0 Å². The Bertz CT molecular complexity index is 720. The molecular formula is C24H34ClNO4S. The highest BCUT2D eigenvalue weighted by atomic mass is 35.5. The number of ketones is 2. The lowest BCUT2D eigenvalue weighted by molar-refractivity contribution is -0.173. The van der Waals surface area contributed by atoms with E-state index in [0.29, 0.717) is 42.6 Å². The normalized spacial score (nSPS) is 26.5. The molecule has 2 unspecified atom stereocenters. The zero-order valence-corrected chi connectivity index (χ0v) is 20.1. The Balaban J connectivity index is 1.86. The molecule has 2 atom stereocenters. The fourth-order valence-electron chi connectivity index (χ4n) is 4.74. The Kier molecular flexibility index (Phi) is 9.26. The SMILES string of the molecule is CCCONC(CCC)(Oc1ccc(Cl)cc1)C1C(=O)CC(C2CCCSC2)CC1=O. The van der Waals surface area contributed by atoms with Crippen LogP contribution >= 0.6 is 23.4 Å². The molecule has 1 heterocycles. The lowest BCUT2D eigenvalue weighted by atomic mass is 9.69. The van der Waals surface area contributed by atoms with Gasteiger partial charge in [0.05, 0.1) is 6.61 Å². The van der Waals surface area contributed by atoms with Gasteiger partial charge >= 0.3 is 0 Å². The van der Waals surface area contributed by atoms with Gasteiger partial charge in [0.1, 0.15) is 23.2 Å². The zero-order chi connectivity index (χ0) is 22.3. The average Bonchev–Trinajstić information content (AvgIpc) is 2.76. The molecule has 1 aliphatic heterocycles. The van der Waals surface area contributed by atoms with Crippen molar-refractivity contribution in [2.75, 3.05) is 18.1 Å². The van der Waals surface area contributed by atoms with Gasteiger partial charge in [-0.3, -0.25) is 14.4 Å². The van der Waals surface area contributed by atoms with E-state index in [1.165, 1.54) is 12.2 Å². The molecule has 0 spiro atoms. The molecule has 5 nitrogen and oxygen atoms in total. The van der Waals surface area contributed by atoms with Crippen LogP contribution < -0.4 is 10.2 Å². The van der Waals surface area contributed by atoms with Gasteiger partial charge in [0.25, 0.3) is 0 Å². The number of hydrogen-bond donors (Lipinski definition) is 1. The van der Waals surface area contributed by atoms with E-state index in [1.54, 1.807) is 24.3 Å². The van der Waals surface area contributed by atoms with Crippen LogP contribution in [0.15, 0.2) is 24.3 Å². The highest BCUT2D eigenvalue weighted by Crippen LogP contribution is 2.41. The maximum absolute atomic E-state index is 13.4. The number of Topliss-reactive ketones (excluding diaryl/α,β-unsaturated/α-hetero) is 2. The van der Waals surface area contributed by atoms with Gasteiger partial charge in [0.15, 0.2) is 5.72 Å². The van der Waals surface area contributed by atoms with E-state index in [0.717, 1.165) is 25.0 Å². The molecule has 1 aliphatic carbocycles. The maximum Gasteiger partial charge on any atom is 0.198 e. The van der Waals surface area contributed by atoms with E-state index in [2.05, 4.69) is 5.48 Å². The number of benzene rings is 1. The number of carbonyl (C=O) groups is 2. The number of rotatable bonds is 10. The van der Waals surface area contributed by atoms with Crippen LogP contribution in [0.2, 0.25) is 5.02 Å². The monoisotopic (exact) mass is 467 g/mol. The largest absolute Gasteiger partial charge is 0.469 e. The summed E-state index contributed by atoms with van der Waals surface area (Å²) in [6, 6.07) is 6.99. The highest BCUT2D eigenvalue weighted by molar-refractivity contribution is 7.99. The molecule has 1 aromatic carbocycles. The molecule has 1 saturated heterocycles. The molecule has 1 saturated carbocycles. The Morgan fingerprint density at radius 2 is 1.81 bits per heavy atom. The summed E-state index contributed by atoms with van der Waals surface area (Å²) in [4.78, 5) is 32.5. The number of ether oxygens (including phenoxy) is 1. The summed E-state index contributed by atoms with van der Waals surface area (Å²) in [6.45, 7) is 4.49. The Hall–Kier alpha value is -1.08. The summed E-state index contributed by atoms with van der Waals surface area (Å²) in [5.41, 5.74) is 1.80. The molecule has 1 aromatic rings. The molecule has 0 bridgehead atoms. The third kappa shape index (κ3) is 6.25. The first-order valence-corrected chi connectivity index (χ1v) is 13.0. The second-order valence-electron chi connectivity index (χ2n) is 8.66. The van der Waals surface area contributed by atoms with Gasteiger partial charge in [-0.05, 0) is 66.9 Å². The van der Waals surface area contributed by atoms with Crippen LogP contribution in [-0.4, -0.2) is 35.4 Å². The highest BCUT2D eigenvalue weighted by Gasteiger charge is 2.52. The van der Waals surface area contributed by atoms with Crippen molar-refractivity contribution in [1.82, 2.24) is 5.48 Å². The first-order chi connectivity index (χ1) is 15.0. The predicted molar refractivity (Wildman–Crippen MR) is 125 cm³/mol. The molecule has 3 rings (SSSR count). The number of thioether (sulfide) groups is 1. The minimum absolute atomic E-state index is 0.0353. The van der Waals surface area contributed by atoms with Crippen molar-refractivity contribution in [1.29, 1.82) is 0 Å². The first kappa shape index (κ1) is 24.6. The van der Waals surface area contributed by atoms with Crippen LogP contribution in [0, 0.1) is 17.8 Å². The van der Waals surface area contributed by atoms with E-state index in [-0.39, 0.29) is 17.5 Å². The van der Waals surface area contributed by atoms with E-state index in [1.807, 2.05) is 25.6 Å². The van der Waals surface area contributed by atoms with Crippen LogP contribution in [0.3, 0.4) is 0 Å². The van der Waals surface area contributed by atoms with Crippen molar-refractivity contribution in [3.05, 3.63) is 29.3 Å². The summed E-state index contributed by atoms with van der Waals surface area (Å²) in [5.74, 6) is 2.43. The second-order valence-corrected chi connectivity index (χ2v) is 10.2. The van der Waals surface area contributed by atoms with Gasteiger partial charge in [0.2, 0.25) is 0 Å². The second kappa shape index (κ2) is 11.7. The van der Waals surface area contributed by atoms with Crippen molar-refractivity contribution in [3.8, 4) is 5.75 Å². The van der Waals surface area contributed by atoms with Crippen LogP contribution in [0.25, 0.3) is 0 Å². The average molecular weight is 468 g/mol. The lowest BCUT2D eigenvalue weighted by Crippen LogP contribution is -2.62. The van der Waals surface area contributed by atoms with Crippen molar-refractivity contribution in [3.63, 3.8) is 0 Å². The molecular weight excluding hydrogens is 434 g/mol. The van der Waals surface area contributed by atoms with Crippen LogP contribution in [0.1, 0.15) is 58.8 Å². The Morgan fingerprint density at radius 1 is 1.10 bits per heavy atom. The summed E-state index contributed by atoms with van der Waals surface area (Å²) in [7, 11) is 0. The molecule has 2 aliphatic rings.